The standard InChI is InChI=1S/C20H21F2N5O2S/c1-13-6-8-15(9-7-13)26-18-12-14(2)25-20(27-18)23-10-11-24-30(28,29)19-16(21)4-3-5-17(19)22/h3-9,12,24H,10-11H2,1-2H3,(H2,23,25,26,27). The average molecular weight is 433 g/mol. The molecule has 0 saturated carbocycles. The smallest absolute Gasteiger partial charge is 0.246 e. The normalized spacial score (nSPS) is 11.3. The lowest BCUT2D eigenvalue weighted by molar-refractivity contribution is 0.514. The molecule has 1 heterocycles. The minimum atomic E-state index is -4.33. The van der Waals surface area contributed by atoms with Crippen LogP contribution >= 0.6 is 0 Å². The largest absolute Gasteiger partial charge is 0.353 e. The summed E-state index contributed by atoms with van der Waals surface area (Å²) in [7, 11) is -4.33. The number of nitrogens with zero attached hydrogens (tertiary/aromatic N) is 2. The second-order valence-electron chi connectivity index (χ2n) is 6.58. The van der Waals surface area contributed by atoms with Crippen molar-refractivity contribution in [2.24, 2.45) is 0 Å². The Balaban J connectivity index is 1.61. The van der Waals surface area contributed by atoms with Crippen molar-refractivity contribution in [3.8, 4) is 0 Å². The van der Waals surface area contributed by atoms with Crippen molar-refractivity contribution in [1.29, 1.82) is 0 Å². The molecule has 2 aromatic carbocycles. The van der Waals surface area contributed by atoms with Gasteiger partial charge in [0.25, 0.3) is 0 Å². The fraction of sp³-hybridized carbons (Fsp3) is 0.200. The van der Waals surface area contributed by atoms with Crippen LogP contribution in [0.1, 0.15) is 11.3 Å². The molecule has 0 aliphatic heterocycles. The van der Waals surface area contributed by atoms with Crippen molar-refractivity contribution >= 4 is 27.5 Å². The summed E-state index contributed by atoms with van der Waals surface area (Å²) in [6.45, 7) is 3.79. The first-order valence-corrected chi connectivity index (χ1v) is 10.6. The molecule has 1 aromatic heterocycles. The third kappa shape index (κ3) is 5.49. The minimum absolute atomic E-state index is 0.114. The molecule has 0 saturated heterocycles. The molecule has 0 atom stereocenters. The van der Waals surface area contributed by atoms with E-state index in [2.05, 4.69) is 25.3 Å². The van der Waals surface area contributed by atoms with Crippen LogP contribution in [-0.4, -0.2) is 31.5 Å². The Hall–Kier alpha value is -3.11. The molecule has 0 spiro atoms. The molecule has 0 fully saturated rings. The van der Waals surface area contributed by atoms with Gasteiger partial charge in [-0.25, -0.2) is 26.9 Å². The van der Waals surface area contributed by atoms with Crippen LogP contribution in [0.15, 0.2) is 53.4 Å². The molecule has 3 rings (SSSR count). The fourth-order valence-electron chi connectivity index (χ4n) is 2.67. The zero-order valence-corrected chi connectivity index (χ0v) is 17.2. The maximum Gasteiger partial charge on any atom is 0.246 e. The van der Waals surface area contributed by atoms with Crippen molar-refractivity contribution in [3.63, 3.8) is 0 Å². The first-order valence-electron chi connectivity index (χ1n) is 9.11. The van der Waals surface area contributed by atoms with Gasteiger partial charge >= 0.3 is 0 Å². The van der Waals surface area contributed by atoms with Crippen LogP contribution in [0.25, 0.3) is 0 Å². The third-order valence-electron chi connectivity index (χ3n) is 4.07. The van der Waals surface area contributed by atoms with Crippen molar-refractivity contribution in [2.75, 3.05) is 23.7 Å². The lowest BCUT2D eigenvalue weighted by Crippen LogP contribution is -2.30. The Morgan fingerprint density at radius 1 is 0.933 bits per heavy atom. The van der Waals surface area contributed by atoms with Crippen LogP contribution in [0.5, 0.6) is 0 Å². The van der Waals surface area contributed by atoms with Gasteiger partial charge < -0.3 is 10.6 Å². The van der Waals surface area contributed by atoms with E-state index >= 15 is 0 Å². The Morgan fingerprint density at radius 2 is 1.60 bits per heavy atom. The van der Waals surface area contributed by atoms with Gasteiger partial charge in [0.15, 0.2) is 4.90 Å². The van der Waals surface area contributed by atoms with Crippen molar-refractivity contribution in [2.45, 2.75) is 18.7 Å². The number of halogens is 2. The maximum absolute atomic E-state index is 13.7. The van der Waals surface area contributed by atoms with Gasteiger partial charge in [0.2, 0.25) is 16.0 Å². The highest BCUT2D eigenvalue weighted by molar-refractivity contribution is 7.89. The van der Waals surface area contributed by atoms with E-state index in [9.17, 15) is 17.2 Å². The van der Waals surface area contributed by atoms with Crippen LogP contribution in [0.2, 0.25) is 0 Å². The van der Waals surface area contributed by atoms with E-state index in [0.717, 1.165) is 29.4 Å². The maximum atomic E-state index is 13.7. The lowest BCUT2D eigenvalue weighted by atomic mass is 10.2. The molecular formula is C20H21F2N5O2S. The van der Waals surface area contributed by atoms with E-state index in [4.69, 9.17) is 0 Å². The van der Waals surface area contributed by atoms with Crippen LogP contribution in [0.4, 0.5) is 26.2 Å². The van der Waals surface area contributed by atoms with Crippen LogP contribution in [0.3, 0.4) is 0 Å². The Morgan fingerprint density at radius 3 is 2.27 bits per heavy atom. The van der Waals surface area contributed by atoms with Gasteiger partial charge in [-0.2, -0.15) is 4.98 Å². The SMILES string of the molecule is Cc1ccc(Nc2cc(C)nc(NCCNS(=O)(=O)c3c(F)cccc3F)n2)cc1. The Kier molecular flexibility index (Phi) is 6.58. The molecule has 0 aliphatic carbocycles. The summed E-state index contributed by atoms with van der Waals surface area (Å²) in [4.78, 5) is 7.59. The number of aromatic nitrogens is 2. The highest BCUT2D eigenvalue weighted by Crippen LogP contribution is 2.18. The van der Waals surface area contributed by atoms with Gasteiger partial charge in [-0.3, -0.25) is 0 Å². The molecule has 10 heteroatoms. The second kappa shape index (κ2) is 9.14. The molecule has 0 amide bonds. The first-order chi connectivity index (χ1) is 14.2. The molecule has 0 radical (unpaired) electrons. The number of anilines is 3. The van der Waals surface area contributed by atoms with Gasteiger partial charge in [0, 0.05) is 30.5 Å². The number of rotatable bonds is 8. The fourth-order valence-corrected chi connectivity index (χ4v) is 3.83. The van der Waals surface area contributed by atoms with Crippen molar-refractivity contribution < 1.29 is 17.2 Å². The number of sulfonamides is 1. The van der Waals surface area contributed by atoms with E-state index in [-0.39, 0.29) is 13.1 Å². The van der Waals surface area contributed by atoms with E-state index in [0.29, 0.717) is 17.5 Å². The van der Waals surface area contributed by atoms with Crippen molar-refractivity contribution in [1.82, 2.24) is 14.7 Å². The topological polar surface area (TPSA) is 96.0 Å². The summed E-state index contributed by atoms with van der Waals surface area (Å²) in [5.41, 5.74) is 2.71. The molecule has 0 aliphatic rings. The Bertz CT molecular complexity index is 1120. The molecule has 3 aromatic rings. The summed E-state index contributed by atoms with van der Waals surface area (Å²) in [5, 5.41) is 6.07. The van der Waals surface area contributed by atoms with Crippen LogP contribution in [-0.2, 0) is 10.0 Å². The average Bonchev–Trinajstić information content (AvgIpc) is 2.66. The summed E-state index contributed by atoms with van der Waals surface area (Å²) in [5.74, 6) is -1.43. The third-order valence-corrected chi connectivity index (χ3v) is 5.58. The Labute approximate surface area is 173 Å². The summed E-state index contributed by atoms with van der Waals surface area (Å²) in [6, 6.07) is 12.4. The van der Waals surface area contributed by atoms with Gasteiger partial charge in [-0.15, -0.1) is 0 Å². The summed E-state index contributed by atoms with van der Waals surface area (Å²) < 4.78 is 53.9. The number of aryl methyl sites for hydroxylation is 2. The highest BCUT2D eigenvalue weighted by Gasteiger charge is 2.23. The zero-order chi connectivity index (χ0) is 21.7. The summed E-state index contributed by atoms with van der Waals surface area (Å²) >= 11 is 0. The minimum Gasteiger partial charge on any atom is -0.353 e. The van der Waals surface area contributed by atoms with E-state index in [1.54, 1.807) is 13.0 Å². The molecule has 0 unspecified atom stereocenters. The van der Waals surface area contributed by atoms with Gasteiger partial charge in [0.05, 0.1) is 0 Å². The quantitative estimate of drug-likeness (QED) is 0.471. The van der Waals surface area contributed by atoms with E-state index in [1.807, 2.05) is 31.2 Å². The predicted molar refractivity (Wildman–Crippen MR) is 111 cm³/mol. The number of nitrogens with one attached hydrogen (secondary N) is 3. The van der Waals surface area contributed by atoms with Gasteiger partial charge in [-0.05, 0) is 38.1 Å². The molecule has 0 bridgehead atoms. The van der Waals surface area contributed by atoms with Crippen LogP contribution in [0, 0.1) is 25.5 Å². The van der Waals surface area contributed by atoms with E-state index < -0.39 is 26.6 Å². The summed E-state index contributed by atoms with van der Waals surface area (Å²) in [6.07, 6.45) is 0. The lowest BCUT2D eigenvalue weighted by Gasteiger charge is -2.11. The van der Waals surface area contributed by atoms with Crippen LogP contribution < -0.4 is 15.4 Å². The number of hydrogen-bond donors (Lipinski definition) is 3. The van der Waals surface area contributed by atoms with Gasteiger partial charge in [-0.1, -0.05) is 23.8 Å². The van der Waals surface area contributed by atoms with Gasteiger partial charge in [0.1, 0.15) is 17.5 Å². The zero-order valence-electron chi connectivity index (χ0n) is 16.4. The molecule has 7 nitrogen and oxygen atoms in total. The molecule has 3 N–H and O–H groups in total. The number of hydrogen-bond acceptors (Lipinski definition) is 6. The highest BCUT2D eigenvalue weighted by atomic mass is 32.2. The second-order valence-corrected chi connectivity index (χ2v) is 8.29. The van der Waals surface area contributed by atoms with Crippen molar-refractivity contribution in [3.05, 3.63) is 71.4 Å². The number of benzene rings is 2. The van der Waals surface area contributed by atoms with E-state index in [1.165, 1.54) is 0 Å². The monoisotopic (exact) mass is 433 g/mol. The molecule has 30 heavy (non-hydrogen) atoms. The molecule has 158 valence electrons. The predicted octanol–water partition coefficient (Wildman–Crippen LogP) is 3.51. The molecular weight excluding hydrogens is 412 g/mol. The first kappa shape index (κ1) is 21.6.